The maximum absolute atomic E-state index is 5.74. The van der Waals surface area contributed by atoms with Crippen LogP contribution in [0.2, 0.25) is 0 Å². The van der Waals surface area contributed by atoms with Crippen LogP contribution in [-0.2, 0) is 15.9 Å². The Hall–Kier alpha value is -1.64. The zero-order chi connectivity index (χ0) is 14.2. The first kappa shape index (κ1) is 14.8. The lowest BCUT2D eigenvalue weighted by atomic mass is 9.90. The Morgan fingerprint density at radius 2 is 1.45 bits per heavy atom. The van der Waals surface area contributed by atoms with Gasteiger partial charge in [-0.25, -0.2) is 0 Å². The second kappa shape index (κ2) is 7.83. The maximum atomic E-state index is 5.74. The third-order valence-electron chi connectivity index (χ3n) is 3.53. The van der Waals surface area contributed by atoms with Gasteiger partial charge >= 0.3 is 0 Å². The van der Waals surface area contributed by atoms with Crippen molar-refractivity contribution in [2.45, 2.75) is 12.5 Å². The number of hydrogen-bond donors (Lipinski definition) is 0. The number of methoxy groups -OCH3 is 2. The Labute approximate surface area is 121 Å². The van der Waals surface area contributed by atoms with E-state index >= 15 is 0 Å². The van der Waals surface area contributed by atoms with Gasteiger partial charge in [0.2, 0.25) is 0 Å². The molecule has 0 saturated heterocycles. The zero-order valence-corrected chi connectivity index (χ0v) is 12.2. The molecule has 2 atom stereocenters. The zero-order valence-electron chi connectivity index (χ0n) is 12.2. The van der Waals surface area contributed by atoms with Crippen molar-refractivity contribution in [2.75, 3.05) is 20.8 Å². The molecule has 0 fully saturated rings. The lowest BCUT2D eigenvalue weighted by molar-refractivity contribution is 0.0131. The molecule has 0 N–H and O–H groups in total. The highest BCUT2D eigenvalue weighted by atomic mass is 16.5. The molecule has 2 aromatic rings. The molecule has 0 aliphatic carbocycles. The molecule has 2 heteroatoms. The van der Waals surface area contributed by atoms with Gasteiger partial charge in [-0.3, -0.25) is 0 Å². The van der Waals surface area contributed by atoms with Crippen LogP contribution < -0.4 is 0 Å². The lowest BCUT2D eigenvalue weighted by Gasteiger charge is -2.26. The van der Waals surface area contributed by atoms with E-state index in [1.54, 1.807) is 14.2 Å². The molecule has 0 amide bonds. The van der Waals surface area contributed by atoms with E-state index in [1.807, 2.05) is 24.3 Å². The van der Waals surface area contributed by atoms with Gasteiger partial charge in [-0.05, 0) is 17.5 Å². The standard InChI is InChI=1S/C18H22O2/c1-19-14-17(13-15-9-5-3-6-10-15)18(20-2)16-11-7-4-8-12-16/h3-12,17-18H,13-14H2,1-2H3. The van der Waals surface area contributed by atoms with Crippen LogP contribution in [0.15, 0.2) is 60.7 Å². The van der Waals surface area contributed by atoms with Crippen LogP contribution >= 0.6 is 0 Å². The molecule has 2 unspecified atom stereocenters. The molecule has 0 spiro atoms. The van der Waals surface area contributed by atoms with Crippen LogP contribution in [-0.4, -0.2) is 20.8 Å². The summed E-state index contributed by atoms with van der Waals surface area (Å²) in [5.74, 6) is 0.301. The van der Waals surface area contributed by atoms with Gasteiger partial charge in [0.25, 0.3) is 0 Å². The number of rotatable bonds is 7. The molecule has 0 heterocycles. The van der Waals surface area contributed by atoms with Gasteiger partial charge in [0.05, 0.1) is 12.7 Å². The van der Waals surface area contributed by atoms with Gasteiger partial charge in [-0.2, -0.15) is 0 Å². The molecule has 20 heavy (non-hydrogen) atoms. The summed E-state index contributed by atoms with van der Waals surface area (Å²) in [7, 11) is 3.51. The summed E-state index contributed by atoms with van der Waals surface area (Å²) in [4.78, 5) is 0. The highest BCUT2D eigenvalue weighted by Crippen LogP contribution is 2.28. The van der Waals surface area contributed by atoms with Crippen molar-refractivity contribution in [3.63, 3.8) is 0 Å². The summed E-state index contributed by atoms with van der Waals surface area (Å²) in [6, 6.07) is 20.8. The summed E-state index contributed by atoms with van der Waals surface area (Å²) < 4.78 is 11.1. The largest absolute Gasteiger partial charge is 0.384 e. The van der Waals surface area contributed by atoms with Gasteiger partial charge in [0.15, 0.2) is 0 Å². The minimum absolute atomic E-state index is 0.0522. The highest BCUT2D eigenvalue weighted by Gasteiger charge is 2.23. The molecule has 2 aromatic carbocycles. The first-order valence-corrected chi connectivity index (χ1v) is 6.95. The number of benzene rings is 2. The Morgan fingerprint density at radius 1 is 0.850 bits per heavy atom. The summed E-state index contributed by atoms with van der Waals surface area (Å²) in [6.07, 6.45) is 0.999. The molecule has 0 bridgehead atoms. The second-order valence-corrected chi connectivity index (χ2v) is 4.97. The van der Waals surface area contributed by atoms with Crippen LogP contribution in [0.4, 0.5) is 0 Å². The summed E-state index contributed by atoms with van der Waals surface area (Å²) >= 11 is 0. The minimum atomic E-state index is 0.0522. The van der Waals surface area contributed by atoms with Crippen molar-refractivity contribution in [1.82, 2.24) is 0 Å². The molecule has 2 nitrogen and oxygen atoms in total. The summed E-state index contributed by atoms with van der Waals surface area (Å²) in [5, 5.41) is 0. The van der Waals surface area contributed by atoms with Crippen molar-refractivity contribution >= 4 is 0 Å². The van der Waals surface area contributed by atoms with E-state index in [-0.39, 0.29) is 6.10 Å². The maximum Gasteiger partial charge on any atom is 0.0874 e. The van der Waals surface area contributed by atoms with E-state index in [0.717, 1.165) is 6.42 Å². The van der Waals surface area contributed by atoms with Crippen LogP contribution in [0, 0.1) is 5.92 Å². The van der Waals surface area contributed by atoms with E-state index in [0.29, 0.717) is 12.5 Å². The molecule has 2 rings (SSSR count). The Bertz CT molecular complexity index is 481. The molecule has 0 saturated carbocycles. The first-order chi connectivity index (χ1) is 9.85. The molecule has 0 aliphatic heterocycles. The molecule has 106 valence electrons. The fourth-order valence-corrected chi connectivity index (χ4v) is 2.63. The van der Waals surface area contributed by atoms with Gasteiger partial charge in [0.1, 0.15) is 0 Å². The van der Waals surface area contributed by atoms with E-state index in [4.69, 9.17) is 9.47 Å². The third-order valence-corrected chi connectivity index (χ3v) is 3.53. The number of ether oxygens (including phenoxy) is 2. The van der Waals surface area contributed by atoms with Gasteiger partial charge in [-0.15, -0.1) is 0 Å². The van der Waals surface area contributed by atoms with Crippen molar-refractivity contribution in [3.05, 3.63) is 71.8 Å². The predicted molar refractivity (Wildman–Crippen MR) is 81.7 cm³/mol. The minimum Gasteiger partial charge on any atom is -0.384 e. The van der Waals surface area contributed by atoms with Crippen LogP contribution in [0.25, 0.3) is 0 Å². The lowest BCUT2D eigenvalue weighted by Crippen LogP contribution is -2.22. The van der Waals surface area contributed by atoms with E-state index < -0.39 is 0 Å². The van der Waals surface area contributed by atoms with Gasteiger partial charge < -0.3 is 9.47 Å². The fourth-order valence-electron chi connectivity index (χ4n) is 2.63. The molecule has 0 aliphatic rings. The van der Waals surface area contributed by atoms with Crippen molar-refractivity contribution < 1.29 is 9.47 Å². The topological polar surface area (TPSA) is 18.5 Å². The smallest absolute Gasteiger partial charge is 0.0874 e. The fraction of sp³-hybridized carbons (Fsp3) is 0.333. The van der Waals surface area contributed by atoms with E-state index in [2.05, 4.69) is 36.4 Å². The van der Waals surface area contributed by atoms with Crippen LogP contribution in [0.5, 0.6) is 0 Å². The average molecular weight is 270 g/mol. The molecule has 0 radical (unpaired) electrons. The Morgan fingerprint density at radius 3 is 2.00 bits per heavy atom. The summed E-state index contributed by atoms with van der Waals surface area (Å²) in [5.41, 5.74) is 2.51. The summed E-state index contributed by atoms with van der Waals surface area (Å²) in [6.45, 7) is 0.683. The van der Waals surface area contributed by atoms with Crippen molar-refractivity contribution in [3.8, 4) is 0 Å². The molecular formula is C18H22O2. The van der Waals surface area contributed by atoms with Crippen LogP contribution in [0.1, 0.15) is 17.2 Å². The van der Waals surface area contributed by atoms with Crippen LogP contribution in [0.3, 0.4) is 0 Å². The monoisotopic (exact) mass is 270 g/mol. The molecule has 0 aromatic heterocycles. The normalized spacial score (nSPS) is 13.9. The van der Waals surface area contributed by atoms with Crippen molar-refractivity contribution in [2.24, 2.45) is 5.92 Å². The van der Waals surface area contributed by atoms with Gasteiger partial charge in [0, 0.05) is 20.1 Å². The highest BCUT2D eigenvalue weighted by molar-refractivity contribution is 5.21. The second-order valence-electron chi connectivity index (χ2n) is 4.97. The molecular weight excluding hydrogens is 248 g/mol. The predicted octanol–water partition coefficient (Wildman–Crippen LogP) is 3.88. The van der Waals surface area contributed by atoms with Gasteiger partial charge in [-0.1, -0.05) is 60.7 Å². The Kier molecular flexibility index (Phi) is 5.78. The Balaban J connectivity index is 2.17. The number of hydrogen-bond acceptors (Lipinski definition) is 2. The van der Waals surface area contributed by atoms with E-state index in [9.17, 15) is 0 Å². The third kappa shape index (κ3) is 3.92. The SMILES string of the molecule is COCC(Cc1ccccc1)C(OC)c1ccccc1. The van der Waals surface area contributed by atoms with E-state index in [1.165, 1.54) is 11.1 Å². The first-order valence-electron chi connectivity index (χ1n) is 6.95. The quantitative estimate of drug-likeness (QED) is 0.760. The average Bonchev–Trinajstić information content (AvgIpc) is 2.50. The van der Waals surface area contributed by atoms with Crippen molar-refractivity contribution in [1.29, 1.82) is 0 Å².